The van der Waals surface area contributed by atoms with Crippen LogP contribution in [-0.2, 0) is 16.1 Å². The molecule has 0 bridgehead atoms. The Hall–Kier alpha value is -1.26. The van der Waals surface area contributed by atoms with Gasteiger partial charge in [0.2, 0.25) is 5.91 Å². The van der Waals surface area contributed by atoms with E-state index in [-0.39, 0.29) is 11.8 Å². The number of nitrogens with zero attached hydrogens (tertiary/aromatic N) is 1. The standard InChI is InChI=1S/C14H18ClNO3/c1-16(14(17)10-5-6-19-9-10)8-11-7-12(15)3-4-13(11)18-2/h3-4,7,10H,5-6,8-9H2,1-2H3. The summed E-state index contributed by atoms with van der Waals surface area (Å²) in [5.74, 6) is 0.835. The molecule has 1 saturated heterocycles. The molecular formula is C14H18ClNO3. The summed E-state index contributed by atoms with van der Waals surface area (Å²) < 4.78 is 10.5. The molecule has 2 rings (SSSR count). The number of carbonyl (C=O) groups excluding carboxylic acids is 1. The van der Waals surface area contributed by atoms with Gasteiger partial charge >= 0.3 is 0 Å². The molecular weight excluding hydrogens is 266 g/mol. The minimum Gasteiger partial charge on any atom is -0.496 e. The Balaban J connectivity index is 2.07. The normalized spacial score (nSPS) is 18.4. The Morgan fingerprint density at radius 1 is 1.58 bits per heavy atom. The molecule has 19 heavy (non-hydrogen) atoms. The van der Waals surface area contributed by atoms with Crippen molar-refractivity contribution in [2.75, 3.05) is 27.4 Å². The van der Waals surface area contributed by atoms with Gasteiger partial charge in [0, 0.05) is 30.8 Å². The van der Waals surface area contributed by atoms with E-state index in [0.29, 0.717) is 24.8 Å². The van der Waals surface area contributed by atoms with Crippen molar-refractivity contribution in [1.29, 1.82) is 0 Å². The van der Waals surface area contributed by atoms with E-state index in [1.54, 1.807) is 25.1 Å². The predicted octanol–water partition coefficient (Wildman–Crippen LogP) is 2.34. The Kier molecular flexibility index (Phi) is 4.66. The summed E-state index contributed by atoms with van der Waals surface area (Å²) in [6.45, 7) is 1.68. The van der Waals surface area contributed by atoms with Crippen molar-refractivity contribution in [2.45, 2.75) is 13.0 Å². The Bertz CT molecular complexity index is 458. The lowest BCUT2D eigenvalue weighted by Gasteiger charge is -2.21. The van der Waals surface area contributed by atoms with Crippen LogP contribution >= 0.6 is 11.6 Å². The number of ether oxygens (including phenoxy) is 2. The van der Waals surface area contributed by atoms with Crippen molar-refractivity contribution in [3.8, 4) is 5.75 Å². The van der Waals surface area contributed by atoms with E-state index in [4.69, 9.17) is 21.1 Å². The molecule has 1 aliphatic rings. The fraction of sp³-hybridized carbons (Fsp3) is 0.500. The van der Waals surface area contributed by atoms with Crippen molar-refractivity contribution >= 4 is 17.5 Å². The quantitative estimate of drug-likeness (QED) is 0.851. The Morgan fingerprint density at radius 2 is 2.37 bits per heavy atom. The fourth-order valence-corrected chi connectivity index (χ4v) is 2.44. The van der Waals surface area contributed by atoms with Crippen molar-refractivity contribution in [3.63, 3.8) is 0 Å². The molecule has 0 spiro atoms. The monoisotopic (exact) mass is 283 g/mol. The number of halogens is 1. The first-order valence-corrected chi connectivity index (χ1v) is 6.64. The maximum absolute atomic E-state index is 12.2. The number of carbonyl (C=O) groups is 1. The lowest BCUT2D eigenvalue weighted by atomic mass is 10.1. The smallest absolute Gasteiger partial charge is 0.228 e. The van der Waals surface area contributed by atoms with Gasteiger partial charge in [0.1, 0.15) is 5.75 Å². The highest BCUT2D eigenvalue weighted by Crippen LogP contribution is 2.25. The summed E-state index contributed by atoms with van der Waals surface area (Å²) in [7, 11) is 3.40. The van der Waals surface area contributed by atoms with Crippen LogP contribution in [0, 0.1) is 5.92 Å². The molecule has 5 heteroatoms. The van der Waals surface area contributed by atoms with Crippen LogP contribution in [0.5, 0.6) is 5.75 Å². The Morgan fingerprint density at radius 3 is 3.00 bits per heavy atom. The van der Waals surface area contributed by atoms with Crippen LogP contribution in [0.2, 0.25) is 5.02 Å². The molecule has 0 N–H and O–H groups in total. The molecule has 4 nitrogen and oxygen atoms in total. The number of hydrogen-bond donors (Lipinski definition) is 0. The lowest BCUT2D eigenvalue weighted by molar-refractivity contribution is -0.134. The van der Waals surface area contributed by atoms with E-state index >= 15 is 0 Å². The highest BCUT2D eigenvalue weighted by atomic mass is 35.5. The van der Waals surface area contributed by atoms with Gasteiger partial charge in [-0.25, -0.2) is 0 Å². The summed E-state index contributed by atoms with van der Waals surface area (Å²) in [4.78, 5) is 13.9. The molecule has 0 radical (unpaired) electrons. The molecule has 1 unspecified atom stereocenters. The molecule has 1 amide bonds. The van der Waals surface area contributed by atoms with Crippen LogP contribution in [0.4, 0.5) is 0 Å². The summed E-state index contributed by atoms with van der Waals surface area (Å²) >= 11 is 5.98. The van der Waals surface area contributed by atoms with Crippen LogP contribution in [0.25, 0.3) is 0 Å². The highest BCUT2D eigenvalue weighted by molar-refractivity contribution is 6.30. The fourth-order valence-electron chi connectivity index (χ4n) is 2.25. The number of hydrogen-bond acceptors (Lipinski definition) is 3. The molecule has 0 saturated carbocycles. The number of rotatable bonds is 4. The van der Waals surface area contributed by atoms with Gasteiger partial charge in [-0.15, -0.1) is 0 Å². The number of amides is 1. The molecule has 1 fully saturated rings. The Labute approximate surface area is 118 Å². The van der Waals surface area contributed by atoms with Gasteiger partial charge in [-0.05, 0) is 24.6 Å². The second-order valence-electron chi connectivity index (χ2n) is 4.71. The first-order valence-electron chi connectivity index (χ1n) is 6.27. The van der Waals surface area contributed by atoms with E-state index in [2.05, 4.69) is 0 Å². The van der Waals surface area contributed by atoms with Gasteiger partial charge in [-0.3, -0.25) is 4.79 Å². The van der Waals surface area contributed by atoms with Crippen molar-refractivity contribution in [2.24, 2.45) is 5.92 Å². The third kappa shape index (κ3) is 3.39. The van der Waals surface area contributed by atoms with Gasteiger partial charge in [-0.2, -0.15) is 0 Å². The average Bonchev–Trinajstić information content (AvgIpc) is 2.92. The summed E-state index contributed by atoms with van der Waals surface area (Å²) in [6.07, 6.45) is 0.801. The van der Waals surface area contributed by atoms with E-state index in [1.807, 2.05) is 12.1 Å². The first kappa shape index (κ1) is 14.2. The summed E-state index contributed by atoms with van der Waals surface area (Å²) in [5.41, 5.74) is 0.907. The van der Waals surface area contributed by atoms with E-state index in [9.17, 15) is 4.79 Å². The van der Waals surface area contributed by atoms with Gasteiger partial charge in [-0.1, -0.05) is 11.6 Å². The summed E-state index contributed by atoms with van der Waals surface area (Å²) in [5, 5.41) is 0.640. The van der Waals surface area contributed by atoms with Crippen molar-refractivity contribution in [1.82, 2.24) is 4.90 Å². The highest BCUT2D eigenvalue weighted by Gasteiger charge is 2.26. The second kappa shape index (κ2) is 6.26. The topological polar surface area (TPSA) is 38.8 Å². The van der Waals surface area contributed by atoms with Crippen molar-refractivity contribution < 1.29 is 14.3 Å². The predicted molar refractivity (Wildman–Crippen MR) is 73.4 cm³/mol. The third-order valence-corrected chi connectivity index (χ3v) is 3.54. The largest absolute Gasteiger partial charge is 0.496 e. The molecule has 104 valence electrons. The van der Waals surface area contributed by atoms with Crippen LogP contribution in [0.3, 0.4) is 0 Å². The van der Waals surface area contributed by atoms with E-state index < -0.39 is 0 Å². The maximum Gasteiger partial charge on any atom is 0.228 e. The number of benzene rings is 1. The zero-order chi connectivity index (χ0) is 13.8. The van der Waals surface area contributed by atoms with Crippen LogP contribution in [-0.4, -0.2) is 38.2 Å². The molecule has 1 aromatic rings. The minimum atomic E-state index is -0.0184. The molecule has 1 aromatic carbocycles. The average molecular weight is 284 g/mol. The molecule has 1 atom stereocenters. The number of methoxy groups -OCH3 is 1. The van der Waals surface area contributed by atoms with Gasteiger partial charge in [0.05, 0.1) is 19.6 Å². The van der Waals surface area contributed by atoms with Gasteiger partial charge < -0.3 is 14.4 Å². The first-order chi connectivity index (χ1) is 9.11. The van der Waals surface area contributed by atoms with Crippen LogP contribution in [0.1, 0.15) is 12.0 Å². The third-order valence-electron chi connectivity index (χ3n) is 3.31. The maximum atomic E-state index is 12.2. The summed E-state index contributed by atoms with van der Waals surface area (Å²) in [6, 6.07) is 5.42. The SMILES string of the molecule is COc1ccc(Cl)cc1CN(C)C(=O)C1CCOC1. The van der Waals surface area contributed by atoms with E-state index in [1.165, 1.54) is 0 Å². The minimum absolute atomic E-state index is 0.0184. The van der Waals surface area contributed by atoms with Crippen LogP contribution in [0.15, 0.2) is 18.2 Å². The molecule has 0 aromatic heterocycles. The second-order valence-corrected chi connectivity index (χ2v) is 5.15. The lowest BCUT2D eigenvalue weighted by Crippen LogP contribution is -2.32. The zero-order valence-corrected chi connectivity index (χ0v) is 11.9. The zero-order valence-electron chi connectivity index (χ0n) is 11.2. The van der Waals surface area contributed by atoms with Gasteiger partial charge in [0.15, 0.2) is 0 Å². The van der Waals surface area contributed by atoms with E-state index in [0.717, 1.165) is 17.7 Å². The van der Waals surface area contributed by atoms with Crippen LogP contribution < -0.4 is 4.74 Å². The molecule has 0 aliphatic carbocycles. The molecule has 1 heterocycles. The van der Waals surface area contributed by atoms with Gasteiger partial charge in [0.25, 0.3) is 0 Å². The molecule has 1 aliphatic heterocycles. The van der Waals surface area contributed by atoms with Crippen molar-refractivity contribution in [3.05, 3.63) is 28.8 Å².